The lowest BCUT2D eigenvalue weighted by Crippen LogP contribution is -2.15. The predicted molar refractivity (Wildman–Crippen MR) is 95.1 cm³/mol. The summed E-state index contributed by atoms with van der Waals surface area (Å²) in [6.07, 6.45) is 0. The third-order valence-electron chi connectivity index (χ3n) is 3.57. The Morgan fingerprint density at radius 1 is 1.13 bits per heavy atom. The summed E-state index contributed by atoms with van der Waals surface area (Å²) in [5.74, 6) is 0.406. The smallest absolute Gasteiger partial charge is 0.255 e. The molecule has 0 heterocycles. The summed E-state index contributed by atoms with van der Waals surface area (Å²) in [4.78, 5) is 12.4. The second-order valence-electron chi connectivity index (χ2n) is 6.47. The van der Waals surface area contributed by atoms with Crippen molar-refractivity contribution in [3.63, 3.8) is 0 Å². The Hall–Kier alpha value is -2.49. The highest BCUT2D eigenvalue weighted by Gasteiger charge is 2.15. The van der Waals surface area contributed by atoms with Gasteiger partial charge in [0.15, 0.2) is 0 Å². The van der Waals surface area contributed by atoms with Crippen LogP contribution in [0.4, 0.5) is 11.4 Å². The molecular formula is C19H24N2O2. The summed E-state index contributed by atoms with van der Waals surface area (Å²) >= 11 is 0. The molecular weight excluding hydrogens is 288 g/mol. The summed E-state index contributed by atoms with van der Waals surface area (Å²) in [5.41, 5.74) is 8.84. The number of nitrogens with one attached hydrogen (secondary N) is 1. The Kier molecular flexibility index (Phi) is 4.94. The topological polar surface area (TPSA) is 64.3 Å². The average Bonchev–Trinajstić information content (AvgIpc) is 2.49. The second kappa shape index (κ2) is 6.73. The van der Waals surface area contributed by atoms with Crippen LogP contribution in [0.15, 0.2) is 42.5 Å². The number of hydrogen-bond acceptors (Lipinski definition) is 3. The van der Waals surface area contributed by atoms with E-state index in [1.54, 1.807) is 18.2 Å². The number of nitrogen functional groups attached to an aromatic ring is 1. The Bertz CT molecular complexity index is 686. The first kappa shape index (κ1) is 16.9. The lowest BCUT2D eigenvalue weighted by Gasteiger charge is -2.19. The van der Waals surface area contributed by atoms with E-state index in [-0.39, 0.29) is 11.3 Å². The second-order valence-corrected chi connectivity index (χ2v) is 6.47. The van der Waals surface area contributed by atoms with Crippen LogP contribution >= 0.6 is 0 Å². The van der Waals surface area contributed by atoms with Crippen LogP contribution in [0.5, 0.6) is 5.75 Å². The summed E-state index contributed by atoms with van der Waals surface area (Å²) in [6, 6.07) is 12.9. The minimum atomic E-state index is -0.170. The van der Waals surface area contributed by atoms with Gasteiger partial charge in [-0.15, -0.1) is 0 Å². The van der Waals surface area contributed by atoms with Gasteiger partial charge in [-0.25, -0.2) is 0 Å². The molecule has 4 heteroatoms. The first-order valence-corrected chi connectivity index (χ1v) is 7.75. The number of carbonyl (C=O) groups is 1. The Balaban J connectivity index is 2.19. The van der Waals surface area contributed by atoms with Crippen LogP contribution in [-0.2, 0) is 5.41 Å². The van der Waals surface area contributed by atoms with E-state index >= 15 is 0 Å². The van der Waals surface area contributed by atoms with Crippen LogP contribution in [0, 0.1) is 0 Å². The van der Waals surface area contributed by atoms with Gasteiger partial charge >= 0.3 is 0 Å². The van der Waals surface area contributed by atoms with E-state index in [0.717, 1.165) is 0 Å². The van der Waals surface area contributed by atoms with Crippen molar-refractivity contribution in [2.24, 2.45) is 0 Å². The summed E-state index contributed by atoms with van der Waals surface area (Å²) < 4.78 is 5.52. The first-order valence-electron chi connectivity index (χ1n) is 7.75. The van der Waals surface area contributed by atoms with Gasteiger partial charge in [-0.2, -0.15) is 0 Å². The third-order valence-corrected chi connectivity index (χ3v) is 3.57. The molecule has 2 aromatic rings. The van der Waals surface area contributed by atoms with Crippen molar-refractivity contribution in [3.05, 3.63) is 53.6 Å². The van der Waals surface area contributed by atoms with Gasteiger partial charge in [0, 0.05) is 17.3 Å². The standard InChI is InChI=1S/C19H24N2O2/c1-5-23-17-12-15(20)10-11-16(17)21-18(22)13-6-8-14(9-7-13)19(2,3)4/h6-12H,5,20H2,1-4H3,(H,21,22). The lowest BCUT2D eigenvalue weighted by molar-refractivity contribution is 0.102. The number of rotatable bonds is 4. The number of anilines is 2. The monoisotopic (exact) mass is 312 g/mol. The van der Waals surface area contributed by atoms with Crippen molar-refractivity contribution < 1.29 is 9.53 Å². The van der Waals surface area contributed by atoms with E-state index in [4.69, 9.17) is 10.5 Å². The number of hydrogen-bond donors (Lipinski definition) is 2. The molecule has 0 unspecified atom stereocenters. The molecule has 122 valence electrons. The van der Waals surface area contributed by atoms with Crippen LogP contribution in [-0.4, -0.2) is 12.5 Å². The fourth-order valence-electron chi connectivity index (χ4n) is 2.23. The maximum absolute atomic E-state index is 12.4. The third kappa shape index (κ3) is 4.25. The lowest BCUT2D eigenvalue weighted by atomic mass is 9.87. The Morgan fingerprint density at radius 2 is 1.78 bits per heavy atom. The SMILES string of the molecule is CCOc1cc(N)ccc1NC(=O)c1ccc(C(C)(C)C)cc1. The van der Waals surface area contributed by atoms with Gasteiger partial charge in [0.05, 0.1) is 12.3 Å². The van der Waals surface area contributed by atoms with Crippen molar-refractivity contribution in [1.82, 2.24) is 0 Å². The molecule has 0 saturated carbocycles. The quantitative estimate of drug-likeness (QED) is 0.831. The highest BCUT2D eigenvalue weighted by molar-refractivity contribution is 6.05. The number of carbonyl (C=O) groups excluding carboxylic acids is 1. The number of benzene rings is 2. The molecule has 2 rings (SSSR count). The molecule has 0 fully saturated rings. The van der Waals surface area contributed by atoms with Crippen molar-refractivity contribution in [1.29, 1.82) is 0 Å². The molecule has 23 heavy (non-hydrogen) atoms. The molecule has 0 atom stereocenters. The van der Waals surface area contributed by atoms with Gasteiger partial charge in [0.1, 0.15) is 5.75 Å². The molecule has 0 radical (unpaired) electrons. The molecule has 0 aliphatic heterocycles. The number of nitrogens with two attached hydrogens (primary N) is 1. The maximum atomic E-state index is 12.4. The van der Waals surface area contributed by atoms with Gasteiger partial charge in [0.2, 0.25) is 0 Å². The Labute approximate surface area is 137 Å². The van der Waals surface area contributed by atoms with Crippen molar-refractivity contribution in [2.45, 2.75) is 33.1 Å². The summed E-state index contributed by atoms with van der Waals surface area (Å²) in [5, 5.41) is 2.88. The Morgan fingerprint density at radius 3 is 2.35 bits per heavy atom. The van der Waals surface area contributed by atoms with Crippen molar-refractivity contribution in [3.8, 4) is 5.75 Å². The van der Waals surface area contributed by atoms with Crippen LogP contribution in [0.25, 0.3) is 0 Å². The van der Waals surface area contributed by atoms with E-state index in [9.17, 15) is 4.79 Å². The molecule has 0 aliphatic carbocycles. The maximum Gasteiger partial charge on any atom is 0.255 e. The molecule has 0 bridgehead atoms. The minimum Gasteiger partial charge on any atom is -0.492 e. The van der Waals surface area contributed by atoms with Gasteiger partial charge < -0.3 is 15.8 Å². The fourth-order valence-corrected chi connectivity index (χ4v) is 2.23. The first-order chi connectivity index (χ1) is 10.8. The highest BCUT2D eigenvalue weighted by atomic mass is 16.5. The van der Waals surface area contributed by atoms with Gasteiger partial charge in [0.25, 0.3) is 5.91 Å². The molecule has 0 spiro atoms. The summed E-state index contributed by atoms with van der Waals surface area (Å²) in [7, 11) is 0. The van der Waals surface area contributed by atoms with Crippen molar-refractivity contribution >= 4 is 17.3 Å². The summed E-state index contributed by atoms with van der Waals surface area (Å²) in [6.45, 7) is 8.83. The van der Waals surface area contributed by atoms with E-state index < -0.39 is 0 Å². The van der Waals surface area contributed by atoms with Crippen molar-refractivity contribution in [2.75, 3.05) is 17.7 Å². The molecule has 0 saturated heterocycles. The number of ether oxygens (including phenoxy) is 1. The van der Waals surface area contributed by atoms with Gasteiger partial charge in [-0.1, -0.05) is 32.9 Å². The largest absolute Gasteiger partial charge is 0.492 e. The zero-order chi connectivity index (χ0) is 17.0. The van der Waals surface area contributed by atoms with Crippen LogP contribution in [0.3, 0.4) is 0 Å². The fraction of sp³-hybridized carbons (Fsp3) is 0.316. The molecule has 0 aromatic heterocycles. The predicted octanol–water partition coefficient (Wildman–Crippen LogP) is 4.22. The molecule has 1 amide bonds. The van der Waals surface area contributed by atoms with E-state index in [0.29, 0.717) is 29.3 Å². The van der Waals surface area contributed by atoms with Crippen LogP contribution in [0.1, 0.15) is 43.6 Å². The molecule has 4 nitrogen and oxygen atoms in total. The van der Waals surface area contributed by atoms with E-state index in [1.807, 2.05) is 31.2 Å². The number of amides is 1. The molecule has 2 aromatic carbocycles. The zero-order valence-electron chi connectivity index (χ0n) is 14.1. The molecule has 3 N–H and O–H groups in total. The minimum absolute atomic E-state index is 0.0636. The van der Waals surface area contributed by atoms with Gasteiger partial charge in [-0.3, -0.25) is 4.79 Å². The van der Waals surface area contributed by atoms with Crippen LogP contribution in [0.2, 0.25) is 0 Å². The average molecular weight is 312 g/mol. The normalized spacial score (nSPS) is 11.1. The molecule has 0 aliphatic rings. The van der Waals surface area contributed by atoms with Gasteiger partial charge in [-0.05, 0) is 42.2 Å². The van der Waals surface area contributed by atoms with E-state index in [1.165, 1.54) is 5.56 Å². The van der Waals surface area contributed by atoms with Crippen LogP contribution < -0.4 is 15.8 Å². The highest BCUT2D eigenvalue weighted by Crippen LogP contribution is 2.28. The van der Waals surface area contributed by atoms with E-state index in [2.05, 4.69) is 26.1 Å². The zero-order valence-corrected chi connectivity index (χ0v) is 14.1.